The SMILES string of the molecule is O=Cc1ccn2c(CC3CCCCS3(=O)=O)ncc2c1. The summed E-state index contributed by atoms with van der Waals surface area (Å²) in [5.41, 5.74) is 1.41. The molecule has 0 radical (unpaired) electrons. The van der Waals surface area contributed by atoms with E-state index < -0.39 is 9.84 Å². The van der Waals surface area contributed by atoms with E-state index in [0.717, 1.165) is 30.5 Å². The van der Waals surface area contributed by atoms with Gasteiger partial charge in [0.1, 0.15) is 12.1 Å². The molecule has 1 atom stereocenters. The highest BCUT2D eigenvalue weighted by atomic mass is 32.2. The minimum absolute atomic E-state index is 0.288. The predicted octanol–water partition coefficient (Wildman–Crippen LogP) is 1.66. The quantitative estimate of drug-likeness (QED) is 0.807. The normalized spacial score (nSPS) is 21.9. The van der Waals surface area contributed by atoms with E-state index in [0.29, 0.717) is 18.4 Å². The molecule has 2 aromatic rings. The van der Waals surface area contributed by atoms with Crippen molar-refractivity contribution < 1.29 is 13.2 Å². The summed E-state index contributed by atoms with van der Waals surface area (Å²) in [7, 11) is -2.99. The first-order valence-electron chi connectivity index (χ1n) is 6.73. The Morgan fingerprint density at radius 2 is 2.25 bits per heavy atom. The maximum atomic E-state index is 12.1. The molecule has 2 aromatic heterocycles. The first kappa shape index (κ1) is 13.3. The predicted molar refractivity (Wildman–Crippen MR) is 75.7 cm³/mol. The number of pyridine rings is 1. The van der Waals surface area contributed by atoms with Gasteiger partial charge in [0.25, 0.3) is 0 Å². The molecule has 1 aliphatic heterocycles. The van der Waals surface area contributed by atoms with Gasteiger partial charge in [-0.3, -0.25) is 4.79 Å². The van der Waals surface area contributed by atoms with Crippen molar-refractivity contribution in [2.24, 2.45) is 0 Å². The molecule has 0 bridgehead atoms. The molecule has 1 aliphatic rings. The maximum absolute atomic E-state index is 12.1. The van der Waals surface area contributed by atoms with Gasteiger partial charge in [-0.05, 0) is 25.0 Å². The van der Waals surface area contributed by atoms with Crippen molar-refractivity contribution in [3.8, 4) is 0 Å². The standard InChI is InChI=1S/C14H16N2O3S/c17-10-11-4-5-16-12(7-11)9-15-14(16)8-13-3-1-2-6-20(13,18)19/h4-5,7,9-10,13H,1-3,6,8H2. The second kappa shape index (κ2) is 5.01. The molecule has 20 heavy (non-hydrogen) atoms. The van der Waals surface area contributed by atoms with E-state index in [4.69, 9.17) is 0 Å². The Labute approximate surface area is 117 Å². The Morgan fingerprint density at radius 1 is 1.40 bits per heavy atom. The minimum atomic E-state index is -2.99. The zero-order valence-electron chi connectivity index (χ0n) is 11.0. The van der Waals surface area contributed by atoms with Gasteiger partial charge in [-0.25, -0.2) is 13.4 Å². The van der Waals surface area contributed by atoms with Crippen molar-refractivity contribution in [2.45, 2.75) is 30.9 Å². The number of aromatic nitrogens is 2. The summed E-state index contributed by atoms with van der Waals surface area (Å²) in [5.74, 6) is 1.03. The molecule has 0 aliphatic carbocycles. The van der Waals surface area contributed by atoms with E-state index in [1.54, 1.807) is 24.5 Å². The minimum Gasteiger partial charge on any atom is -0.304 e. The molecule has 1 fully saturated rings. The highest BCUT2D eigenvalue weighted by Gasteiger charge is 2.29. The molecule has 1 saturated heterocycles. The van der Waals surface area contributed by atoms with E-state index in [-0.39, 0.29) is 11.0 Å². The molecule has 3 heterocycles. The van der Waals surface area contributed by atoms with Crippen LogP contribution in [0.15, 0.2) is 24.5 Å². The summed E-state index contributed by atoms with van der Waals surface area (Å²) < 4.78 is 26.0. The zero-order chi connectivity index (χ0) is 14.2. The summed E-state index contributed by atoms with van der Waals surface area (Å²) in [6.07, 6.45) is 7.12. The van der Waals surface area contributed by atoms with Crippen LogP contribution in [0, 0.1) is 0 Å². The Balaban J connectivity index is 1.93. The Hall–Kier alpha value is -1.69. The Bertz CT molecular complexity index is 749. The first-order chi connectivity index (χ1) is 9.60. The van der Waals surface area contributed by atoms with Gasteiger partial charge in [-0.1, -0.05) is 6.42 Å². The molecular weight excluding hydrogens is 276 g/mol. The Kier molecular flexibility index (Phi) is 3.33. The molecule has 0 amide bonds. The number of carbonyl (C=O) groups is 1. The topological polar surface area (TPSA) is 68.5 Å². The smallest absolute Gasteiger partial charge is 0.153 e. The van der Waals surface area contributed by atoms with Crippen molar-refractivity contribution in [1.82, 2.24) is 9.38 Å². The highest BCUT2D eigenvalue weighted by molar-refractivity contribution is 7.92. The van der Waals surface area contributed by atoms with Crippen molar-refractivity contribution in [1.29, 1.82) is 0 Å². The molecule has 0 aromatic carbocycles. The highest BCUT2D eigenvalue weighted by Crippen LogP contribution is 2.23. The summed E-state index contributed by atoms with van der Waals surface area (Å²) in [4.78, 5) is 15.1. The van der Waals surface area contributed by atoms with Crippen LogP contribution in [-0.4, -0.2) is 35.1 Å². The summed E-state index contributed by atoms with van der Waals surface area (Å²) in [6, 6.07) is 3.46. The van der Waals surface area contributed by atoms with Crippen LogP contribution in [0.3, 0.4) is 0 Å². The third-order valence-corrected chi connectivity index (χ3v) is 6.17. The number of rotatable bonds is 3. The van der Waals surface area contributed by atoms with Crippen LogP contribution in [0.2, 0.25) is 0 Å². The number of hydrogen-bond donors (Lipinski definition) is 0. The largest absolute Gasteiger partial charge is 0.304 e. The van der Waals surface area contributed by atoms with E-state index in [1.165, 1.54) is 0 Å². The molecule has 0 N–H and O–H groups in total. The van der Waals surface area contributed by atoms with Crippen molar-refractivity contribution in [3.05, 3.63) is 35.9 Å². The molecule has 0 saturated carbocycles. The summed E-state index contributed by atoms with van der Waals surface area (Å²) in [5, 5.41) is -0.326. The summed E-state index contributed by atoms with van der Waals surface area (Å²) >= 11 is 0. The van der Waals surface area contributed by atoms with Gasteiger partial charge in [0.15, 0.2) is 9.84 Å². The molecule has 0 spiro atoms. The van der Waals surface area contributed by atoms with Crippen molar-refractivity contribution in [3.63, 3.8) is 0 Å². The molecule has 1 unspecified atom stereocenters. The van der Waals surface area contributed by atoms with Gasteiger partial charge in [-0.15, -0.1) is 0 Å². The van der Waals surface area contributed by atoms with Gasteiger partial charge in [-0.2, -0.15) is 0 Å². The number of fused-ring (bicyclic) bond motifs is 1. The fraction of sp³-hybridized carbons (Fsp3) is 0.429. The summed E-state index contributed by atoms with van der Waals surface area (Å²) in [6.45, 7) is 0. The third-order valence-electron chi connectivity index (χ3n) is 3.89. The van der Waals surface area contributed by atoms with E-state index in [9.17, 15) is 13.2 Å². The monoisotopic (exact) mass is 292 g/mol. The van der Waals surface area contributed by atoms with Crippen molar-refractivity contribution in [2.75, 3.05) is 5.75 Å². The van der Waals surface area contributed by atoms with Crippen LogP contribution in [-0.2, 0) is 16.3 Å². The average molecular weight is 292 g/mol. The van der Waals surface area contributed by atoms with Crippen LogP contribution in [0.1, 0.15) is 35.4 Å². The van der Waals surface area contributed by atoms with Crippen molar-refractivity contribution >= 4 is 21.6 Å². The lowest BCUT2D eigenvalue weighted by molar-refractivity contribution is 0.112. The molecule has 3 rings (SSSR count). The van der Waals surface area contributed by atoms with Gasteiger partial charge in [0.2, 0.25) is 0 Å². The van der Waals surface area contributed by atoms with Crippen LogP contribution >= 0.6 is 0 Å². The van der Waals surface area contributed by atoms with Crippen LogP contribution in [0.5, 0.6) is 0 Å². The average Bonchev–Trinajstić information content (AvgIpc) is 2.83. The van der Waals surface area contributed by atoms with Crippen LogP contribution < -0.4 is 0 Å². The molecule has 5 nitrogen and oxygen atoms in total. The lowest BCUT2D eigenvalue weighted by Crippen LogP contribution is -2.30. The molecule has 106 valence electrons. The van der Waals surface area contributed by atoms with Gasteiger partial charge < -0.3 is 4.40 Å². The van der Waals surface area contributed by atoms with Gasteiger partial charge in [0.05, 0.1) is 22.7 Å². The fourth-order valence-corrected chi connectivity index (χ4v) is 4.62. The zero-order valence-corrected chi connectivity index (χ0v) is 11.8. The number of carbonyl (C=O) groups excluding carboxylic acids is 1. The number of nitrogens with zero attached hydrogens (tertiary/aromatic N) is 2. The first-order valence-corrected chi connectivity index (χ1v) is 8.44. The molecular formula is C14H16N2O3S. The second-order valence-electron chi connectivity index (χ2n) is 5.24. The van der Waals surface area contributed by atoms with E-state index in [2.05, 4.69) is 4.98 Å². The molecule has 6 heteroatoms. The fourth-order valence-electron chi connectivity index (χ4n) is 2.75. The van der Waals surface area contributed by atoms with Crippen LogP contribution in [0.25, 0.3) is 5.52 Å². The third kappa shape index (κ3) is 2.35. The maximum Gasteiger partial charge on any atom is 0.153 e. The van der Waals surface area contributed by atoms with Crippen LogP contribution in [0.4, 0.5) is 0 Å². The van der Waals surface area contributed by atoms with E-state index >= 15 is 0 Å². The Morgan fingerprint density at radius 3 is 3.00 bits per heavy atom. The van der Waals surface area contributed by atoms with E-state index in [1.807, 2.05) is 4.40 Å². The number of sulfone groups is 1. The number of hydrogen-bond acceptors (Lipinski definition) is 4. The number of imidazole rings is 1. The number of aldehydes is 1. The van der Waals surface area contributed by atoms with Gasteiger partial charge in [0, 0.05) is 18.2 Å². The lowest BCUT2D eigenvalue weighted by Gasteiger charge is -2.21. The second-order valence-corrected chi connectivity index (χ2v) is 7.64. The van der Waals surface area contributed by atoms with Gasteiger partial charge >= 0.3 is 0 Å². The lowest BCUT2D eigenvalue weighted by atomic mass is 10.1.